The zero-order chi connectivity index (χ0) is 19.2. The van der Waals surface area contributed by atoms with E-state index in [2.05, 4.69) is 46.7 Å². The molecule has 0 aliphatic heterocycles. The fraction of sp³-hybridized carbons (Fsp3) is 0.190. The van der Waals surface area contributed by atoms with Crippen LogP contribution >= 0.6 is 11.6 Å². The predicted molar refractivity (Wildman–Crippen MR) is 109 cm³/mol. The number of hydrazone groups is 1. The first-order valence-electron chi connectivity index (χ1n) is 8.75. The smallest absolute Gasteiger partial charge is 0.272 e. The van der Waals surface area contributed by atoms with Crippen molar-refractivity contribution in [3.8, 4) is 11.3 Å². The fourth-order valence-electron chi connectivity index (χ4n) is 2.67. The Kier molecular flexibility index (Phi) is 6.04. The van der Waals surface area contributed by atoms with Gasteiger partial charge in [0, 0.05) is 16.1 Å². The van der Waals surface area contributed by atoms with Crippen molar-refractivity contribution in [1.82, 2.24) is 15.6 Å². The largest absolute Gasteiger partial charge is 0.289 e. The van der Waals surface area contributed by atoms with Crippen LogP contribution in [0, 0.1) is 5.92 Å². The van der Waals surface area contributed by atoms with Crippen LogP contribution in [0.5, 0.6) is 0 Å². The molecule has 0 aliphatic rings. The van der Waals surface area contributed by atoms with Crippen LogP contribution in [0.25, 0.3) is 11.3 Å². The number of hydrogen-bond acceptors (Lipinski definition) is 3. The molecule has 0 atom stereocenters. The van der Waals surface area contributed by atoms with Crippen molar-refractivity contribution in [2.45, 2.75) is 20.3 Å². The molecule has 6 heteroatoms. The van der Waals surface area contributed by atoms with E-state index in [-0.39, 0.29) is 5.91 Å². The van der Waals surface area contributed by atoms with Crippen molar-refractivity contribution < 1.29 is 4.79 Å². The van der Waals surface area contributed by atoms with E-state index in [0.29, 0.717) is 22.3 Å². The molecule has 0 spiro atoms. The monoisotopic (exact) mass is 380 g/mol. The maximum atomic E-state index is 12.2. The summed E-state index contributed by atoms with van der Waals surface area (Å²) >= 11 is 6.05. The molecule has 0 fully saturated rings. The van der Waals surface area contributed by atoms with Gasteiger partial charge >= 0.3 is 0 Å². The number of halogens is 1. The fourth-order valence-corrected chi connectivity index (χ4v) is 2.85. The van der Waals surface area contributed by atoms with E-state index in [9.17, 15) is 4.79 Å². The Morgan fingerprint density at radius 3 is 2.67 bits per heavy atom. The summed E-state index contributed by atoms with van der Waals surface area (Å²) in [5.41, 5.74) is 6.50. The van der Waals surface area contributed by atoms with Crippen molar-refractivity contribution in [1.29, 1.82) is 0 Å². The highest BCUT2D eigenvalue weighted by Crippen LogP contribution is 2.19. The number of carbonyl (C=O) groups is 1. The Balaban J connectivity index is 1.64. The Hall–Kier alpha value is -2.92. The van der Waals surface area contributed by atoms with Gasteiger partial charge in [-0.05, 0) is 30.0 Å². The number of nitrogens with one attached hydrogen (secondary N) is 2. The summed E-state index contributed by atoms with van der Waals surface area (Å²) in [6.07, 6.45) is 2.54. The lowest BCUT2D eigenvalue weighted by molar-refractivity contribution is 0.0950. The molecule has 3 rings (SSSR count). The molecule has 1 heterocycles. The highest BCUT2D eigenvalue weighted by molar-refractivity contribution is 6.33. The number of carbonyl (C=O) groups excluding carboxylic acids is 1. The molecule has 138 valence electrons. The number of rotatable bonds is 6. The van der Waals surface area contributed by atoms with E-state index in [1.165, 1.54) is 11.8 Å². The molecule has 1 amide bonds. The molecule has 0 radical (unpaired) electrons. The van der Waals surface area contributed by atoms with Crippen LogP contribution in [0.15, 0.2) is 59.7 Å². The average molecular weight is 381 g/mol. The van der Waals surface area contributed by atoms with Gasteiger partial charge in [0.1, 0.15) is 5.69 Å². The zero-order valence-electron chi connectivity index (χ0n) is 15.2. The minimum atomic E-state index is -0.367. The molecule has 3 aromatic rings. The number of hydrogen-bond donors (Lipinski definition) is 2. The van der Waals surface area contributed by atoms with E-state index < -0.39 is 0 Å². The average Bonchev–Trinajstić information content (AvgIpc) is 3.13. The molecular formula is C21H21ClN4O. The van der Waals surface area contributed by atoms with Crippen LogP contribution < -0.4 is 5.43 Å². The van der Waals surface area contributed by atoms with E-state index >= 15 is 0 Å². The summed E-state index contributed by atoms with van der Waals surface area (Å²) in [6, 6.07) is 17.2. The van der Waals surface area contributed by atoms with Crippen molar-refractivity contribution in [2.75, 3.05) is 0 Å². The number of nitrogens with zero attached hydrogens (tertiary/aromatic N) is 2. The third-order valence-electron chi connectivity index (χ3n) is 3.99. The van der Waals surface area contributed by atoms with Gasteiger partial charge in [-0.25, -0.2) is 5.43 Å². The predicted octanol–water partition coefficient (Wildman–Crippen LogP) is 4.69. The van der Waals surface area contributed by atoms with Crippen LogP contribution in [0.4, 0.5) is 0 Å². The molecule has 1 aromatic heterocycles. The second-order valence-electron chi connectivity index (χ2n) is 6.68. The molecule has 0 unspecified atom stereocenters. The quantitative estimate of drug-likeness (QED) is 0.481. The van der Waals surface area contributed by atoms with Gasteiger partial charge in [0.15, 0.2) is 0 Å². The van der Waals surface area contributed by atoms with E-state index in [1.54, 1.807) is 12.1 Å². The first-order chi connectivity index (χ1) is 13.0. The van der Waals surface area contributed by atoms with Crippen LogP contribution in [0.2, 0.25) is 5.02 Å². The zero-order valence-corrected chi connectivity index (χ0v) is 16.0. The third-order valence-corrected chi connectivity index (χ3v) is 4.34. The van der Waals surface area contributed by atoms with Gasteiger partial charge in [-0.15, -0.1) is 0 Å². The first kappa shape index (κ1) is 18.9. The molecule has 0 saturated heterocycles. The maximum Gasteiger partial charge on any atom is 0.289 e. The van der Waals surface area contributed by atoms with E-state index in [0.717, 1.165) is 17.5 Å². The van der Waals surface area contributed by atoms with Crippen LogP contribution in [-0.2, 0) is 6.42 Å². The number of benzene rings is 2. The topological polar surface area (TPSA) is 70.1 Å². The second kappa shape index (κ2) is 8.64. The summed E-state index contributed by atoms with van der Waals surface area (Å²) in [7, 11) is 0. The number of aromatic nitrogens is 2. The Bertz CT molecular complexity index is 945. The van der Waals surface area contributed by atoms with Crippen molar-refractivity contribution >= 4 is 23.7 Å². The highest BCUT2D eigenvalue weighted by Gasteiger charge is 2.10. The number of amides is 1. The normalized spacial score (nSPS) is 11.3. The lowest BCUT2D eigenvalue weighted by atomic mass is 10.0. The first-order valence-corrected chi connectivity index (χ1v) is 9.13. The SMILES string of the molecule is CC(C)Cc1ccc(-c2cc(C(=O)N/N=C\c3ccccc3Cl)[nH]n2)cc1. The summed E-state index contributed by atoms with van der Waals surface area (Å²) in [5, 5.41) is 11.5. The molecule has 27 heavy (non-hydrogen) atoms. The Labute approximate surface area is 163 Å². The van der Waals surface area contributed by atoms with Crippen LogP contribution in [0.3, 0.4) is 0 Å². The molecule has 0 bridgehead atoms. The van der Waals surface area contributed by atoms with Crippen LogP contribution in [-0.4, -0.2) is 22.3 Å². The second-order valence-corrected chi connectivity index (χ2v) is 7.09. The van der Waals surface area contributed by atoms with Gasteiger partial charge in [-0.3, -0.25) is 9.89 Å². The molecule has 0 saturated carbocycles. The van der Waals surface area contributed by atoms with Crippen molar-refractivity contribution in [2.24, 2.45) is 11.0 Å². The Morgan fingerprint density at radius 2 is 1.96 bits per heavy atom. The maximum absolute atomic E-state index is 12.2. The minimum absolute atomic E-state index is 0.340. The van der Waals surface area contributed by atoms with Gasteiger partial charge in [-0.1, -0.05) is 67.9 Å². The summed E-state index contributed by atoms with van der Waals surface area (Å²) in [4.78, 5) is 12.2. The van der Waals surface area contributed by atoms with Gasteiger partial charge in [0.2, 0.25) is 0 Å². The molecule has 2 N–H and O–H groups in total. The van der Waals surface area contributed by atoms with Gasteiger partial charge in [-0.2, -0.15) is 10.2 Å². The number of H-pyrrole nitrogens is 1. The highest BCUT2D eigenvalue weighted by atomic mass is 35.5. The standard InChI is InChI=1S/C21H21ClN4O/c1-14(2)11-15-7-9-16(10-8-15)19-12-20(25-24-19)21(27)26-23-13-17-5-3-4-6-18(17)22/h3-10,12-14H,11H2,1-2H3,(H,24,25)(H,26,27)/b23-13-. The summed E-state index contributed by atoms with van der Waals surface area (Å²) in [5.74, 6) is 0.247. The Morgan fingerprint density at radius 1 is 1.22 bits per heavy atom. The lowest BCUT2D eigenvalue weighted by Crippen LogP contribution is -2.18. The van der Waals surface area contributed by atoms with Gasteiger partial charge in [0.05, 0.1) is 11.9 Å². The van der Waals surface area contributed by atoms with Crippen molar-refractivity contribution in [3.63, 3.8) is 0 Å². The van der Waals surface area contributed by atoms with Gasteiger partial charge in [0.25, 0.3) is 5.91 Å². The third kappa shape index (κ3) is 5.05. The van der Waals surface area contributed by atoms with Crippen LogP contribution in [0.1, 0.15) is 35.5 Å². The summed E-state index contributed by atoms with van der Waals surface area (Å²) in [6.45, 7) is 4.39. The van der Waals surface area contributed by atoms with Crippen molar-refractivity contribution in [3.05, 3.63) is 76.4 Å². The van der Waals surface area contributed by atoms with E-state index in [1.807, 2.05) is 30.3 Å². The molecular weight excluding hydrogens is 360 g/mol. The molecule has 0 aliphatic carbocycles. The molecule has 2 aromatic carbocycles. The van der Waals surface area contributed by atoms with E-state index in [4.69, 9.17) is 11.6 Å². The molecule has 5 nitrogen and oxygen atoms in total. The summed E-state index contributed by atoms with van der Waals surface area (Å²) < 4.78 is 0. The minimum Gasteiger partial charge on any atom is -0.272 e. The number of aromatic amines is 1. The van der Waals surface area contributed by atoms with Gasteiger partial charge < -0.3 is 0 Å². The lowest BCUT2D eigenvalue weighted by Gasteiger charge is -2.05.